The zero-order valence-electron chi connectivity index (χ0n) is 17.6. The van der Waals surface area contributed by atoms with E-state index >= 15 is 0 Å². The third-order valence-electron chi connectivity index (χ3n) is 5.25. The van der Waals surface area contributed by atoms with E-state index in [0.717, 1.165) is 29.9 Å². The molecule has 0 saturated heterocycles. The van der Waals surface area contributed by atoms with Gasteiger partial charge in [0.1, 0.15) is 5.82 Å². The standard InChI is InChI=1S/C24H24N6O2/c25-14-5-15-30(20-8-2-1-3-9-20)22(32)13-12-21(31)26-19-7-4-6-18(16-19)24-27-23(28-29-24)17-10-11-17/h1-4,6-9,16-17H,5,10-13,15H2,(H,26,31)(H,27,28,29). The highest BCUT2D eigenvalue weighted by Crippen LogP contribution is 2.38. The minimum Gasteiger partial charge on any atom is -0.326 e. The number of hydrogen-bond acceptors (Lipinski definition) is 5. The number of H-pyrrole nitrogens is 1. The lowest BCUT2D eigenvalue weighted by molar-refractivity contribution is -0.122. The lowest BCUT2D eigenvalue weighted by Crippen LogP contribution is -2.32. The SMILES string of the molecule is N#CCCN(C(=O)CCC(=O)Nc1cccc(-c2n[nH]c(C3CC3)n2)c1)c1ccccc1. The second-order valence-electron chi connectivity index (χ2n) is 7.74. The van der Waals surface area contributed by atoms with Gasteiger partial charge in [-0.2, -0.15) is 10.4 Å². The van der Waals surface area contributed by atoms with Crippen molar-refractivity contribution in [2.45, 2.75) is 38.0 Å². The Balaban J connectivity index is 1.35. The van der Waals surface area contributed by atoms with E-state index in [1.165, 1.54) is 0 Å². The average molecular weight is 428 g/mol. The van der Waals surface area contributed by atoms with Crippen LogP contribution in [0.15, 0.2) is 54.6 Å². The zero-order valence-corrected chi connectivity index (χ0v) is 17.6. The molecule has 0 atom stereocenters. The zero-order chi connectivity index (χ0) is 22.3. The highest BCUT2D eigenvalue weighted by Gasteiger charge is 2.27. The first-order valence-electron chi connectivity index (χ1n) is 10.7. The normalized spacial score (nSPS) is 12.7. The Hall–Kier alpha value is -3.99. The Morgan fingerprint density at radius 1 is 1.12 bits per heavy atom. The summed E-state index contributed by atoms with van der Waals surface area (Å²) in [4.78, 5) is 31.3. The largest absolute Gasteiger partial charge is 0.326 e. The maximum atomic E-state index is 12.7. The summed E-state index contributed by atoms with van der Waals surface area (Å²) in [6, 6.07) is 18.6. The number of hydrogen-bond donors (Lipinski definition) is 2. The van der Waals surface area contributed by atoms with Crippen LogP contribution < -0.4 is 10.2 Å². The number of para-hydroxylation sites is 1. The van der Waals surface area contributed by atoms with Crippen LogP contribution >= 0.6 is 0 Å². The smallest absolute Gasteiger partial charge is 0.227 e. The molecule has 1 aromatic heterocycles. The van der Waals surface area contributed by atoms with Crippen molar-refractivity contribution in [2.24, 2.45) is 0 Å². The molecule has 1 aliphatic carbocycles. The number of aromatic amines is 1. The van der Waals surface area contributed by atoms with E-state index in [2.05, 4.69) is 26.6 Å². The van der Waals surface area contributed by atoms with Crippen LogP contribution in [0.3, 0.4) is 0 Å². The number of nitrogens with zero attached hydrogens (tertiary/aromatic N) is 4. The third-order valence-corrected chi connectivity index (χ3v) is 5.25. The molecule has 2 aromatic carbocycles. The summed E-state index contributed by atoms with van der Waals surface area (Å²) < 4.78 is 0. The van der Waals surface area contributed by atoms with Gasteiger partial charge in [-0.3, -0.25) is 14.7 Å². The molecule has 0 spiro atoms. The molecule has 1 fully saturated rings. The molecule has 32 heavy (non-hydrogen) atoms. The van der Waals surface area contributed by atoms with E-state index in [9.17, 15) is 9.59 Å². The van der Waals surface area contributed by atoms with Crippen LogP contribution in [0.1, 0.15) is 43.8 Å². The number of nitriles is 1. The van der Waals surface area contributed by atoms with Gasteiger partial charge < -0.3 is 10.2 Å². The van der Waals surface area contributed by atoms with Crippen molar-refractivity contribution in [1.82, 2.24) is 15.2 Å². The fraction of sp³-hybridized carbons (Fsp3) is 0.292. The van der Waals surface area contributed by atoms with E-state index in [4.69, 9.17) is 5.26 Å². The maximum Gasteiger partial charge on any atom is 0.227 e. The monoisotopic (exact) mass is 428 g/mol. The van der Waals surface area contributed by atoms with E-state index in [1.807, 2.05) is 48.5 Å². The predicted octanol–water partition coefficient (Wildman–Crippen LogP) is 4.01. The Labute approximate surface area is 186 Å². The first-order valence-corrected chi connectivity index (χ1v) is 10.7. The summed E-state index contributed by atoms with van der Waals surface area (Å²) in [5.41, 5.74) is 2.16. The van der Waals surface area contributed by atoms with Crippen molar-refractivity contribution in [1.29, 1.82) is 5.26 Å². The Morgan fingerprint density at radius 2 is 1.94 bits per heavy atom. The number of rotatable bonds is 9. The molecule has 1 aliphatic rings. The quantitative estimate of drug-likeness (QED) is 0.534. The van der Waals surface area contributed by atoms with Crippen molar-refractivity contribution in [3.63, 3.8) is 0 Å². The minimum atomic E-state index is -0.252. The molecule has 4 rings (SSSR count). The van der Waals surface area contributed by atoms with Crippen molar-refractivity contribution >= 4 is 23.2 Å². The predicted molar refractivity (Wildman–Crippen MR) is 121 cm³/mol. The van der Waals surface area contributed by atoms with Gasteiger partial charge in [-0.05, 0) is 37.1 Å². The number of anilines is 2. The summed E-state index contributed by atoms with van der Waals surface area (Å²) in [6.07, 6.45) is 2.61. The molecule has 1 heterocycles. The number of amides is 2. The second kappa shape index (κ2) is 9.88. The van der Waals surface area contributed by atoms with Crippen molar-refractivity contribution < 1.29 is 9.59 Å². The van der Waals surface area contributed by atoms with E-state index in [-0.39, 0.29) is 31.1 Å². The van der Waals surface area contributed by atoms with Gasteiger partial charge in [0.25, 0.3) is 0 Å². The van der Waals surface area contributed by atoms with Crippen LogP contribution in [-0.2, 0) is 9.59 Å². The highest BCUT2D eigenvalue weighted by atomic mass is 16.2. The molecule has 162 valence electrons. The molecule has 0 unspecified atom stereocenters. The summed E-state index contributed by atoms with van der Waals surface area (Å²) in [6.45, 7) is 0.294. The summed E-state index contributed by atoms with van der Waals surface area (Å²) in [5.74, 6) is 1.56. The van der Waals surface area contributed by atoms with Gasteiger partial charge in [0.05, 0.1) is 12.5 Å². The van der Waals surface area contributed by atoms with Gasteiger partial charge in [-0.15, -0.1) is 0 Å². The van der Waals surface area contributed by atoms with E-state index in [0.29, 0.717) is 24.0 Å². The third kappa shape index (κ3) is 5.38. The Morgan fingerprint density at radius 3 is 2.69 bits per heavy atom. The van der Waals surface area contributed by atoms with Crippen molar-refractivity contribution in [2.75, 3.05) is 16.8 Å². The van der Waals surface area contributed by atoms with E-state index < -0.39 is 0 Å². The molecular weight excluding hydrogens is 404 g/mol. The molecular formula is C24H24N6O2. The van der Waals surface area contributed by atoms with Crippen molar-refractivity contribution in [3.8, 4) is 17.5 Å². The van der Waals surface area contributed by atoms with Crippen LogP contribution in [0.5, 0.6) is 0 Å². The fourth-order valence-electron chi connectivity index (χ4n) is 3.43. The van der Waals surface area contributed by atoms with Gasteiger partial charge in [0.2, 0.25) is 11.8 Å². The molecule has 2 N–H and O–H groups in total. The van der Waals surface area contributed by atoms with Crippen LogP contribution in [-0.4, -0.2) is 33.5 Å². The molecule has 8 nitrogen and oxygen atoms in total. The van der Waals surface area contributed by atoms with E-state index in [1.54, 1.807) is 11.0 Å². The maximum absolute atomic E-state index is 12.7. The fourth-order valence-corrected chi connectivity index (χ4v) is 3.43. The molecule has 0 aliphatic heterocycles. The first kappa shape index (κ1) is 21.2. The van der Waals surface area contributed by atoms with Gasteiger partial charge in [-0.25, -0.2) is 4.98 Å². The van der Waals surface area contributed by atoms with Crippen LogP contribution in [0.2, 0.25) is 0 Å². The summed E-state index contributed by atoms with van der Waals surface area (Å²) in [5, 5.41) is 19.0. The molecule has 8 heteroatoms. The van der Waals surface area contributed by atoms with Crippen LogP contribution in [0.25, 0.3) is 11.4 Å². The Bertz CT molecular complexity index is 1130. The number of benzene rings is 2. The van der Waals surface area contributed by atoms with Crippen molar-refractivity contribution in [3.05, 3.63) is 60.4 Å². The molecule has 0 bridgehead atoms. The topological polar surface area (TPSA) is 115 Å². The minimum absolute atomic E-state index is 0.0471. The number of carbonyl (C=O) groups excluding carboxylic acids is 2. The molecule has 1 saturated carbocycles. The summed E-state index contributed by atoms with van der Waals surface area (Å²) >= 11 is 0. The average Bonchev–Trinajstić information content (AvgIpc) is 3.55. The molecule has 0 radical (unpaired) electrons. The lowest BCUT2D eigenvalue weighted by atomic mass is 10.1. The first-order chi connectivity index (χ1) is 15.6. The summed E-state index contributed by atoms with van der Waals surface area (Å²) in [7, 11) is 0. The van der Waals surface area contributed by atoms with Gasteiger partial charge in [0, 0.05) is 42.2 Å². The number of nitrogens with one attached hydrogen (secondary N) is 2. The number of carbonyl (C=O) groups is 2. The van der Waals surface area contributed by atoms with Crippen LogP contribution in [0, 0.1) is 11.3 Å². The van der Waals surface area contributed by atoms with Gasteiger partial charge in [-0.1, -0.05) is 30.3 Å². The number of aromatic nitrogens is 3. The lowest BCUT2D eigenvalue weighted by Gasteiger charge is -2.21. The van der Waals surface area contributed by atoms with Gasteiger partial charge in [0.15, 0.2) is 5.82 Å². The molecule has 3 aromatic rings. The molecule has 2 amide bonds. The Kier molecular flexibility index (Phi) is 6.56. The highest BCUT2D eigenvalue weighted by molar-refractivity contribution is 5.98. The van der Waals surface area contributed by atoms with Crippen LogP contribution in [0.4, 0.5) is 11.4 Å². The second-order valence-corrected chi connectivity index (χ2v) is 7.74. The van der Waals surface area contributed by atoms with Gasteiger partial charge >= 0.3 is 0 Å².